The topological polar surface area (TPSA) is 57.5 Å². The quantitative estimate of drug-likeness (QED) is 0.521. The predicted octanol–water partition coefficient (Wildman–Crippen LogP) is 1.46. The van der Waals surface area contributed by atoms with Crippen molar-refractivity contribution < 1.29 is 18.9 Å². The van der Waals surface area contributed by atoms with Crippen LogP contribution in [-0.2, 0) is 4.74 Å². The Bertz CT molecular complexity index is 202. The second kappa shape index (κ2) is 1.93. The Hall–Kier alpha value is -1.13. The zero-order chi connectivity index (χ0) is 7.78. The summed E-state index contributed by atoms with van der Waals surface area (Å²) in [7, 11) is 0. The lowest BCUT2D eigenvalue weighted by atomic mass is 10.2. The van der Waals surface area contributed by atoms with Crippen LogP contribution in [-0.4, -0.2) is 16.6 Å². The molecule has 10 heavy (non-hydrogen) atoms. The number of nitrogens with zero attached hydrogens (tertiary/aromatic N) is 1. The summed E-state index contributed by atoms with van der Waals surface area (Å²) in [6, 6.07) is 0. The maximum Gasteiger partial charge on any atom is 0.487 e. The third kappa shape index (κ3) is 2.00. The number of hydrogen-bond acceptors (Lipinski definition) is 4. The second-order valence-corrected chi connectivity index (χ2v) is 2.89. The van der Waals surface area contributed by atoms with E-state index < -0.39 is 11.7 Å². The van der Waals surface area contributed by atoms with Crippen LogP contribution >= 0.6 is 0 Å². The zero-order valence-corrected chi connectivity index (χ0v) is 6.08. The van der Waals surface area contributed by atoms with Crippen molar-refractivity contribution in [1.29, 1.82) is 0 Å². The summed E-state index contributed by atoms with van der Waals surface area (Å²) in [5.74, 6) is 0. The minimum Gasteiger partial charge on any atom is -0.439 e. The Morgan fingerprint density at radius 3 is 2.20 bits per heavy atom. The smallest absolute Gasteiger partial charge is 0.439 e. The number of ether oxygens (including phenoxy) is 1. The molecule has 0 saturated carbocycles. The molecule has 1 aromatic rings. The van der Waals surface area contributed by atoms with Crippen LogP contribution in [0.5, 0.6) is 0 Å². The Morgan fingerprint density at radius 2 is 1.90 bits per heavy atom. The Balaban J connectivity index is 2.41. The minimum absolute atomic E-state index is 0.508. The van der Waals surface area contributed by atoms with Crippen LogP contribution in [0.2, 0.25) is 0 Å². The van der Waals surface area contributed by atoms with Crippen LogP contribution in [0.4, 0.5) is 4.79 Å². The van der Waals surface area contributed by atoms with E-state index in [1.54, 1.807) is 20.8 Å². The number of aromatic nitrogens is 1. The van der Waals surface area contributed by atoms with Gasteiger partial charge in [0, 0.05) is 0 Å². The summed E-state index contributed by atoms with van der Waals surface area (Å²) < 4.78 is 12.9. The fourth-order valence-corrected chi connectivity index (χ4v) is 0.377. The van der Waals surface area contributed by atoms with Crippen LogP contribution in [0.1, 0.15) is 20.8 Å². The van der Waals surface area contributed by atoms with Gasteiger partial charge in [-0.05, 0) is 20.8 Å². The number of carbonyl (C=O) groups excluding carboxylic acids is 1. The predicted molar refractivity (Wildman–Crippen MR) is 30.6 cm³/mol. The molecule has 0 bridgehead atoms. The van der Waals surface area contributed by atoms with Crippen molar-refractivity contribution in [2.75, 3.05) is 0 Å². The molecular formula is C5H9NO4. The molecule has 5 nitrogen and oxygen atoms in total. The van der Waals surface area contributed by atoms with Gasteiger partial charge in [-0.3, -0.25) is 0 Å². The number of rotatable bonds is 0. The fraction of sp³-hybridized carbons (Fsp3) is 0.800. The lowest BCUT2D eigenvalue weighted by molar-refractivity contribution is 0.0475. The van der Waals surface area contributed by atoms with E-state index >= 15 is 0 Å². The van der Waals surface area contributed by atoms with Crippen LogP contribution in [0.25, 0.3) is 0 Å². The van der Waals surface area contributed by atoms with Gasteiger partial charge in [-0.25, -0.2) is 4.79 Å². The standard InChI is InChI=1S/C5H9NO4/c1-5(2,3)8-4(7)6-9-10-6/h1-3H3. The molecule has 0 unspecified atom stereocenters. The van der Waals surface area contributed by atoms with E-state index in [1.807, 2.05) is 0 Å². The second-order valence-electron chi connectivity index (χ2n) is 2.89. The SMILES string of the molecule is CC(C)(C)OC(=O)n1oo1. The van der Waals surface area contributed by atoms with Crippen LogP contribution < -0.4 is 0 Å². The van der Waals surface area contributed by atoms with Gasteiger partial charge in [0.2, 0.25) is 0 Å². The van der Waals surface area contributed by atoms with Crippen molar-refractivity contribution >= 4 is 6.09 Å². The Morgan fingerprint density at radius 1 is 1.40 bits per heavy atom. The normalized spacial score (nSPS) is 11.9. The molecule has 0 aliphatic carbocycles. The van der Waals surface area contributed by atoms with Crippen LogP contribution in [0.15, 0.2) is 9.36 Å². The summed E-state index contributed by atoms with van der Waals surface area (Å²) >= 11 is 0. The highest BCUT2D eigenvalue weighted by molar-refractivity contribution is 5.67. The lowest BCUT2D eigenvalue weighted by Gasteiger charge is -2.15. The maximum absolute atomic E-state index is 10.7. The third-order valence-corrected chi connectivity index (χ3v) is 0.692. The minimum atomic E-state index is -0.632. The highest BCUT2D eigenvalue weighted by Crippen LogP contribution is 2.09. The molecular weight excluding hydrogens is 138 g/mol. The summed E-state index contributed by atoms with van der Waals surface area (Å²) in [5, 5.41) is 0. The van der Waals surface area contributed by atoms with Gasteiger partial charge in [0.05, 0.1) is 0 Å². The van der Waals surface area contributed by atoms with Gasteiger partial charge < -0.3 is 4.74 Å². The highest BCUT2D eigenvalue weighted by Gasteiger charge is 2.23. The van der Waals surface area contributed by atoms with Crippen molar-refractivity contribution in [2.45, 2.75) is 26.4 Å². The lowest BCUT2D eigenvalue weighted by Crippen LogP contribution is -2.24. The molecule has 0 aliphatic heterocycles. The largest absolute Gasteiger partial charge is 0.487 e. The van der Waals surface area contributed by atoms with Crippen molar-refractivity contribution in [3.8, 4) is 0 Å². The molecule has 0 N–H and O–H groups in total. The molecule has 0 amide bonds. The van der Waals surface area contributed by atoms with E-state index in [2.05, 4.69) is 9.36 Å². The molecule has 58 valence electrons. The summed E-state index contributed by atoms with van der Waals surface area (Å²) in [6.45, 7) is 5.28. The average Bonchev–Trinajstić information content (AvgIpc) is 2.35. The molecule has 0 saturated heterocycles. The molecule has 0 radical (unpaired) electrons. The first kappa shape index (κ1) is 6.98. The first-order valence-electron chi connectivity index (χ1n) is 2.87. The molecule has 0 atom stereocenters. The molecule has 1 heterocycles. The van der Waals surface area contributed by atoms with Gasteiger partial charge in [-0.2, -0.15) is 0 Å². The van der Waals surface area contributed by atoms with Crippen LogP contribution in [0, 0.1) is 0 Å². The van der Waals surface area contributed by atoms with E-state index in [4.69, 9.17) is 4.74 Å². The molecule has 1 aromatic heterocycles. The van der Waals surface area contributed by atoms with Gasteiger partial charge in [-0.15, -0.1) is 9.36 Å². The van der Waals surface area contributed by atoms with Crippen molar-refractivity contribution in [1.82, 2.24) is 4.91 Å². The van der Waals surface area contributed by atoms with Gasteiger partial charge in [0.15, 0.2) is 0 Å². The maximum atomic E-state index is 10.7. The van der Waals surface area contributed by atoms with E-state index in [0.29, 0.717) is 4.91 Å². The summed E-state index contributed by atoms with van der Waals surface area (Å²) in [4.78, 5) is 11.3. The van der Waals surface area contributed by atoms with E-state index in [-0.39, 0.29) is 0 Å². The van der Waals surface area contributed by atoms with E-state index in [1.165, 1.54) is 0 Å². The molecule has 0 fully saturated rings. The van der Waals surface area contributed by atoms with Crippen molar-refractivity contribution in [3.05, 3.63) is 0 Å². The highest BCUT2D eigenvalue weighted by atomic mass is 17.3. The Labute approximate surface area is 57.4 Å². The van der Waals surface area contributed by atoms with Gasteiger partial charge in [-0.1, -0.05) is 0 Å². The monoisotopic (exact) mass is 147 g/mol. The zero-order valence-electron chi connectivity index (χ0n) is 6.08. The van der Waals surface area contributed by atoms with Gasteiger partial charge in [0.1, 0.15) is 10.5 Å². The first-order valence-corrected chi connectivity index (χ1v) is 2.87. The Kier molecular flexibility index (Phi) is 1.35. The molecule has 0 spiro atoms. The average molecular weight is 147 g/mol. The third-order valence-electron chi connectivity index (χ3n) is 0.692. The van der Waals surface area contributed by atoms with E-state index in [0.717, 1.165) is 0 Å². The first-order chi connectivity index (χ1) is 4.49. The molecule has 1 rings (SSSR count). The van der Waals surface area contributed by atoms with Crippen LogP contribution in [0.3, 0.4) is 0 Å². The molecule has 0 aromatic carbocycles. The van der Waals surface area contributed by atoms with Gasteiger partial charge >= 0.3 is 6.09 Å². The molecule has 5 heteroatoms. The summed E-state index contributed by atoms with van der Waals surface area (Å²) in [5.41, 5.74) is -0.508. The number of hydrogen-bond donors (Lipinski definition) is 0. The van der Waals surface area contributed by atoms with Crippen molar-refractivity contribution in [2.24, 2.45) is 0 Å². The van der Waals surface area contributed by atoms with E-state index in [9.17, 15) is 4.79 Å². The van der Waals surface area contributed by atoms with Gasteiger partial charge in [0.25, 0.3) is 0 Å². The molecule has 0 aliphatic rings. The number of carbonyl (C=O) groups is 1. The van der Waals surface area contributed by atoms with Crippen molar-refractivity contribution in [3.63, 3.8) is 0 Å². The summed E-state index contributed by atoms with van der Waals surface area (Å²) in [6.07, 6.45) is -0.632. The fourth-order valence-electron chi connectivity index (χ4n) is 0.377.